The molecule has 0 saturated carbocycles. The molecule has 0 heterocycles. The van der Waals surface area contributed by atoms with Crippen molar-refractivity contribution in [1.29, 1.82) is 0 Å². The summed E-state index contributed by atoms with van der Waals surface area (Å²) in [5.74, 6) is -1.56. The van der Waals surface area contributed by atoms with Crippen LogP contribution in [0.3, 0.4) is 0 Å². The van der Waals surface area contributed by atoms with E-state index in [-0.39, 0.29) is 19.5 Å². The van der Waals surface area contributed by atoms with Crippen LogP contribution >= 0.6 is 0 Å². The highest BCUT2D eigenvalue weighted by Crippen LogP contribution is 2.25. The van der Waals surface area contributed by atoms with E-state index in [1.165, 1.54) is 4.90 Å². The van der Waals surface area contributed by atoms with Crippen LogP contribution in [0.2, 0.25) is 0 Å². The molecule has 0 aliphatic carbocycles. The van der Waals surface area contributed by atoms with Crippen LogP contribution in [-0.2, 0) is 30.3 Å². The van der Waals surface area contributed by atoms with Gasteiger partial charge in [-0.05, 0) is 70.7 Å². The van der Waals surface area contributed by atoms with Gasteiger partial charge < -0.3 is 25.0 Å². The van der Waals surface area contributed by atoms with E-state index < -0.39 is 47.2 Å². The van der Waals surface area contributed by atoms with Crippen molar-refractivity contribution in [2.75, 3.05) is 13.1 Å². The second-order valence-electron chi connectivity index (χ2n) is 13.8. The van der Waals surface area contributed by atoms with E-state index in [1.807, 2.05) is 36.4 Å². The van der Waals surface area contributed by atoms with Crippen LogP contribution in [0.25, 0.3) is 6.08 Å². The van der Waals surface area contributed by atoms with Gasteiger partial charge in [-0.25, -0.2) is 9.59 Å². The fourth-order valence-electron chi connectivity index (χ4n) is 5.02. The topological polar surface area (TPSA) is 114 Å². The SMILES string of the molecule is C=Cc1cccc(C(C(=O)NC(Cc2ccccc2)C(=O)OC(C)(C)C)N(CCCCCCCC)C(=O)CNC(=O)OC(C)(C)C)c1. The summed E-state index contributed by atoms with van der Waals surface area (Å²) in [7, 11) is 0. The lowest BCUT2D eigenvalue weighted by molar-refractivity contribution is -0.159. The van der Waals surface area contributed by atoms with E-state index in [9.17, 15) is 19.2 Å². The summed E-state index contributed by atoms with van der Waals surface area (Å²) >= 11 is 0. The summed E-state index contributed by atoms with van der Waals surface area (Å²) in [5, 5.41) is 5.48. The average Bonchev–Trinajstić information content (AvgIpc) is 2.99. The zero-order chi connectivity index (χ0) is 35.0. The highest BCUT2D eigenvalue weighted by atomic mass is 16.6. The van der Waals surface area contributed by atoms with Gasteiger partial charge in [-0.3, -0.25) is 9.59 Å². The Balaban J connectivity index is 2.50. The fraction of sp³-hybridized carbons (Fsp3) is 0.526. The molecule has 2 unspecified atom stereocenters. The van der Waals surface area contributed by atoms with Crippen LogP contribution in [0.15, 0.2) is 61.2 Å². The van der Waals surface area contributed by atoms with Gasteiger partial charge in [-0.2, -0.15) is 0 Å². The number of hydrogen-bond acceptors (Lipinski definition) is 6. The maximum atomic E-state index is 14.4. The summed E-state index contributed by atoms with van der Waals surface area (Å²) in [6.45, 7) is 16.5. The van der Waals surface area contributed by atoms with Gasteiger partial charge in [0.2, 0.25) is 11.8 Å². The summed E-state index contributed by atoms with van der Waals surface area (Å²) < 4.78 is 11.0. The number of carbonyl (C=O) groups is 4. The van der Waals surface area contributed by atoms with E-state index in [1.54, 1.807) is 65.8 Å². The number of benzene rings is 2. The van der Waals surface area contributed by atoms with Gasteiger partial charge in [-0.15, -0.1) is 0 Å². The average molecular weight is 650 g/mol. The first-order valence-corrected chi connectivity index (χ1v) is 16.7. The Hall–Kier alpha value is -4.14. The van der Waals surface area contributed by atoms with Gasteiger partial charge in [0.05, 0.1) is 0 Å². The maximum absolute atomic E-state index is 14.4. The van der Waals surface area contributed by atoms with Crippen molar-refractivity contribution < 1.29 is 28.7 Å². The van der Waals surface area contributed by atoms with Gasteiger partial charge in [0.25, 0.3) is 0 Å². The minimum absolute atomic E-state index is 0.201. The molecule has 0 saturated heterocycles. The third-order valence-corrected chi connectivity index (χ3v) is 7.17. The molecular weight excluding hydrogens is 594 g/mol. The molecule has 0 aromatic heterocycles. The Bertz CT molecular complexity index is 1310. The number of unbranched alkanes of at least 4 members (excludes halogenated alkanes) is 5. The lowest BCUT2D eigenvalue weighted by Crippen LogP contribution is -2.52. The minimum atomic E-state index is -1.10. The smallest absolute Gasteiger partial charge is 0.408 e. The zero-order valence-electron chi connectivity index (χ0n) is 29.4. The monoisotopic (exact) mass is 649 g/mol. The molecule has 0 fully saturated rings. The Kier molecular flexibility index (Phi) is 15.7. The van der Waals surface area contributed by atoms with Gasteiger partial charge in [0.1, 0.15) is 29.8 Å². The molecule has 0 radical (unpaired) electrons. The van der Waals surface area contributed by atoms with Crippen LogP contribution in [-0.4, -0.2) is 59.1 Å². The minimum Gasteiger partial charge on any atom is -0.458 e. The summed E-state index contributed by atoms with van der Waals surface area (Å²) in [4.78, 5) is 55.7. The number of hydrogen-bond donors (Lipinski definition) is 2. The van der Waals surface area contributed by atoms with Crippen molar-refractivity contribution in [2.24, 2.45) is 0 Å². The Labute approximate surface area is 281 Å². The number of rotatable bonds is 17. The van der Waals surface area contributed by atoms with Crippen LogP contribution in [0.1, 0.15) is 110 Å². The van der Waals surface area contributed by atoms with Gasteiger partial charge in [-0.1, -0.05) is 100 Å². The van der Waals surface area contributed by atoms with E-state index >= 15 is 0 Å². The highest BCUT2D eigenvalue weighted by Gasteiger charge is 2.35. The van der Waals surface area contributed by atoms with Gasteiger partial charge in [0, 0.05) is 13.0 Å². The van der Waals surface area contributed by atoms with Gasteiger partial charge in [0.15, 0.2) is 0 Å². The first-order valence-electron chi connectivity index (χ1n) is 16.7. The number of nitrogens with zero attached hydrogens (tertiary/aromatic N) is 1. The number of alkyl carbamates (subject to hydrolysis) is 1. The number of nitrogens with one attached hydrogen (secondary N) is 2. The molecule has 9 nitrogen and oxygen atoms in total. The molecule has 258 valence electrons. The number of amides is 3. The number of carbonyl (C=O) groups excluding carboxylic acids is 4. The normalized spacial score (nSPS) is 12.7. The Morgan fingerprint density at radius 1 is 0.851 bits per heavy atom. The lowest BCUT2D eigenvalue weighted by Gasteiger charge is -2.33. The molecule has 0 spiro atoms. The molecule has 0 bridgehead atoms. The Morgan fingerprint density at radius 2 is 1.49 bits per heavy atom. The quantitative estimate of drug-likeness (QED) is 0.139. The standard InChI is InChI=1S/C38H55N3O6/c1-9-11-12-13-14-18-24-41(32(42)27-39-36(45)47-38(6,7)8)33(30-23-19-22-28(10-2)25-30)34(43)40-31(35(44)46-37(3,4)5)26-29-20-16-15-17-21-29/h10,15-17,19-23,25,31,33H,2,9,11-14,18,24,26-27H2,1,3-8H3,(H,39,45)(H,40,43). The second kappa shape index (κ2) is 18.9. The molecule has 2 N–H and O–H groups in total. The van der Waals surface area contributed by atoms with Gasteiger partial charge >= 0.3 is 12.1 Å². The molecule has 0 aliphatic heterocycles. The summed E-state index contributed by atoms with van der Waals surface area (Å²) in [6, 6.07) is 14.5. The summed E-state index contributed by atoms with van der Waals surface area (Å²) in [6.07, 6.45) is 7.02. The predicted octanol–water partition coefficient (Wildman–Crippen LogP) is 7.15. The van der Waals surface area contributed by atoms with Crippen LogP contribution < -0.4 is 10.6 Å². The molecule has 2 aromatic carbocycles. The van der Waals surface area contributed by atoms with E-state index in [0.717, 1.165) is 43.2 Å². The molecule has 3 amide bonds. The largest absolute Gasteiger partial charge is 0.458 e. The van der Waals surface area contributed by atoms with Crippen molar-refractivity contribution in [3.05, 3.63) is 77.9 Å². The molecule has 2 atom stereocenters. The molecule has 0 aliphatic rings. The lowest BCUT2D eigenvalue weighted by atomic mass is 9.99. The van der Waals surface area contributed by atoms with Crippen molar-refractivity contribution in [2.45, 2.75) is 117 Å². The van der Waals surface area contributed by atoms with Crippen LogP contribution in [0.5, 0.6) is 0 Å². The van der Waals surface area contributed by atoms with Crippen LogP contribution in [0.4, 0.5) is 4.79 Å². The molecular formula is C38H55N3O6. The fourth-order valence-corrected chi connectivity index (χ4v) is 5.02. The second-order valence-corrected chi connectivity index (χ2v) is 13.8. The van der Waals surface area contributed by atoms with Crippen molar-refractivity contribution in [1.82, 2.24) is 15.5 Å². The molecule has 9 heteroatoms. The van der Waals surface area contributed by atoms with E-state index in [0.29, 0.717) is 12.0 Å². The first-order chi connectivity index (χ1) is 22.1. The molecule has 47 heavy (non-hydrogen) atoms. The number of ether oxygens (including phenoxy) is 2. The third kappa shape index (κ3) is 14.9. The van der Waals surface area contributed by atoms with Crippen molar-refractivity contribution in [3.8, 4) is 0 Å². The Morgan fingerprint density at radius 3 is 2.11 bits per heavy atom. The number of esters is 1. The third-order valence-electron chi connectivity index (χ3n) is 7.17. The van der Waals surface area contributed by atoms with Crippen molar-refractivity contribution in [3.63, 3.8) is 0 Å². The first kappa shape index (κ1) is 39.0. The van der Waals surface area contributed by atoms with E-state index in [2.05, 4.69) is 24.1 Å². The molecule has 2 aromatic rings. The zero-order valence-corrected chi connectivity index (χ0v) is 29.4. The highest BCUT2D eigenvalue weighted by molar-refractivity contribution is 5.93. The molecule has 2 rings (SSSR count). The van der Waals surface area contributed by atoms with Crippen molar-refractivity contribution >= 4 is 30.0 Å². The predicted molar refractivity (Wildman–Crippen MR) is 187 cm³/mol. The maximum Gasteiger partial charge on any atom is 0.408 e. The van der Waals surface area contributed by atoms with Crippen LogP contribution in [0, 0.1) is 0 Å². The summed E-state index contributed by atoms with van der Waals surface area (Å²) in [5.41, 5.74) is 0.650. The van der Waals surface area contributed by atoms with E-state index in [4.69, 9.17) is 9.47 Å².